The summed E-state index contributed by atoms with van der Waals surface area (Å²) in [5.41, 5.74) is 8.62. The van der Waals surface area contributed by atoms with Gasteiger partial charge in [-0.05, 0) is 18.2 Å². The molecule has 0 unspecified atom stereocenters. The molecule has 3 heterocycles. The maximum absolute atomic E-state index is 5.78. The molecular formula is C16H18N4O. The molecule has 5 heteroatoms. The van der Waals surface area contributed by atoms with Crippen molar-refractivity contribution in [3.05, 3.63) is 42.7 Å². The zero-order valence-electron chi connectivity index (χ0n) is 11.8. The van der Waals surface area contributed by atoms with Crippen LogP contribution < -0.4 is 10.6 Å². The Morgan fingerprint density at radius 3 is 2.57 bits per heavy atom. The number of morpholine rings is 1. The smallest absolute Gasteiger partial charge is 0.130 e. The van der Waals surface area contributed by atoms with Gasteiger partial charge in [-0.1, -0.05) is 12.7 Å². The van der Waals surface area contributed by atoms with E-state index in [2.05, 4.69) is 27.5 Å². The molecule has 3 rings (SSSR count). The highest BCUT2D eigenvalue weighted by Gasteiger charge is 2.12. The van der Waals surface area contributed by atoms with Gasteiger partial charge in [-0.15, -0.1) is 0 Å². The first kappa shape index (κ1) is 13.6. The van der Waals surface area contributed by atoms with E-state index < -0.39 is 0 Å². The highest BCUT2D eigenvalue weighted by atomic mass is 16.5. The highest BCUT2D eigenvalue weighted by molar-refractivity contribution is 5.70. The molecule has 2 aromatic heterocycles. The molecule has 0 aliphatic carbocycles. The number of aromatic nitrogens is 2. The van der Waals surface area contributed by atoms with Gasteiger partial charge < -0.3 is 15.4 Å². The average Bonchev–Trinajstić information content (AvgIpc) is 2.56. The Hall–Kier alpha value is -2.40. The van der Waals surface area contributed by atoms with Crippen LogP contribution in [0.4, 0.5) is 11.6 Å². The van der Waals surface area contributed by atoms with Crippen LogP contribution in [0.15, 0.2) is 37.2 Å². The fourth-order valence-electron chi connectivity index (χ4n) is 2.35. The minimum atomic E-state index is 0.492. The molecule has 0 saturated carbocycles. The van der Waals surface area contributed by atoms with E-state index in [4.69, 9.17) is 10.5 Å². The summed E-state index contributed by atoms with van der Waals surface area (Å²) in [5.74, 6) is 1.47. The zero-order valence-corrected chi connectivity index (χ0v) is 11.8. The van der Waals surface area contributed by atoms with Crippen LogP contribution in [-0.4, -0.2) is 36.3 Å². The summed E-state index contributed by atoms with van der Waals surface area (Å²) in [5, 5.41) is 0. The van der Waals surface area contributed by atoms with E-state index in [1.165, 1.54) is 0 Å². The van der Waals surface area contributed by atoms with E-state index in [0.717, 1.165) is 48.8 Å². The van der Waals surface area contributed by atoms with Gasteiger partial charge in [0.25, 0.3) is 0 Å². The predicted octanol–water partition coefficient (Wildman–Crippen LogP) is 2.21. The topological polar surface area (TPSA) is 64.3 Å². The van der Waals surface area contributed by atoms with Gasteiger partial charge in [0.1, 0.15) is 11.6 Å². The van der Waals surface area contributed by atoms with Gasteiger partial charge in [-0.3, -0.25) is 0 Å². The number of nitrogens with zero attached hydrogens (tertiary/aromatic N) is 3. The number of pyridine rings is 2. The van der Waals surface area contributed by atoms with Gasteiger partial charge in [0.2, 0.25) is 0 Å². The Bertz CT molecular complexity index is 633. The number of nitrogen functional groups attached to an aromatic ring is 1. The van der Waals surface area contributed by atoms with Crippen molar-refractivity contribution in [2.45, 2.75) is 0 Å². The fourth-order valence-corrected chi connectivity index (χ4v) is 2.35. The van der Waals surface area contributed by atoms with Crippen LogP contribution in [0.5, 0.6) is 0 Å². The van der Waals surface area contributed by atoms with Crippen LogP contribution in [0.25, 0.3) is 17.2 Å². The Labute approximate surface area is 124 Å². The molecular weight excluding hydrogens is 264 g/mol. The lowest BCUT2D eigenvalue weighted by Gasteiger charge is -2.27. The summed E-state index contributed by atoms with van der Waals surface area (Å²) in [7, 11) is 0. The number of nitrogens with two attached hydrogens (primary N) is 1. The Morgan fingerprint density at radius 1 is 1.14 bits per heavy atom. The molecule has 1 saturated heterocycles. The molecule has 1 fully saturated rings. The average molecular weight is 282 g/mol. The summed E-state index contributed by atoms with van der Waals surface area (Å²) in [6.07, 6.45) is 5.33. The molecule has 0 atom stereocenters. The van der Waals surface area contributed by atoms with Crippen molar-refractivity contribution in [1.29, 1.82) is 0 Å². The monoisotopic (exact) mass is 282 g/mol. The van der Waals surface area contributed by atoms with E-state index >= 15 is 0 Å². The van der Waals surface area contributed by atoms with Crippen molar-refractivity contribution >= 4 is 17.7 Å². The zero-order chi connectivity index (χ0) is 14.7. The van der Waals surface area contributed by atoms with Crippen molar-refractivity contribution in [2.75, 3.05) is 36.9 Å². The van der Waals surface area contributed by atoms with Gasteiger partial charge >= 0.3 is 0 Å². The third-order valence-electron chi connectivity index (χ3n) is 3.59. The van der Waals surface area contributed by atoms with Crippen LogP contribution in [0.2, 0.25) is 0 Å². The van der Waals surface area contributed by atoms with Crippen LogP contribution >= 0.6 is 0 Å². The lowest BCUT2D eigenvalue weighted by atomic mass is 10.1. The van der Waals surface area contributed by atoms with E-state index in [9.17, 15) is 0 Å². The molecule has 1 aliphatic rings. The molecule has 108 valence electrons. The summed E-state index contributed by atoms with van der Waals surface area (Å²) in [6, 6.07) is 6.06. The molecule has 21 heavy (non-hydrogen) atoms. The first-order valence-corrected chi connectivity index (χ1v) is 6.95. The molecule has 0 spiro atoms. The lowest BCUT2D eigenvalue weighted by molar-refractivity contribution is 0.122. The van der Waals surface area contributed by atoms with Crippen LogP contribution in [0.1, 0.15) is 5.56 Å². The Morgan fingerprint density at radius 2 is 1.90 bits per heavy atom. The summed E-state index contributed by atoms with van der Waals surface area (Å²) in [4.78, 5) is 11.0. The minimum Gasteiger partial charge on any atom is -0.383 e. The summed E-state index contributed by atoms with van der Waals surface area (Å²) in [6.45, 7) is 7.03. The highest BCUT2D eigenvalue weighted by Crippen LogP contribution is 2.24. The van der Waals surface area contributed by atoms with Crippen LogP contribution in [-0.2, 0) is 4.74 Å². The van der Waals surface area contributed by atoms with Crippen molar-refractivity contribution in [3.8, 4) is 11.1 Å². The standard InChI is InChI=1S/C16H18N4O/c1-2-12-9-14(11-19-16(12)17)13-3-4-15(18-10-13)20-5-7-21-8-6-20/h2-4,9-11H,1,5-8H2,(H2,17,19). The third kappa shape index (κ3) is 2.87. The van der Waals surface area contributed by atoms with Crippen LogP contribution in [0.3, 0.4) is 0 Å². The maximum atomic E-state index is 5.78. The number of rotatable bonds is 3. The van der Waals surface area contributed by atoms with E-state index in [0.29, 0.717) is 5.82 Å². The number of anilines is 2. The fraction of sp³-hybridized carbons (Fsp3) is 0.250. The van der Waals surface area contributed by atoms with Crippen molar-refractivity contribution < 1.29 is 4.74 Å². The number of ether oxygens (including phenoxy) is 1. The van der Waals surface area contributed by atoms with E-state index in [1.54, 1.807) is 12.3 Å². The normalized spacial score (nSPS) is 15.0. The molecule has 0 bridgehead atoms. The molecule has 2 aromatic rings. The molecule has 2 N–H and O–H groups in total. The molecule has 1 aliphatic heterocycles. The largest absolute Gasteiger partial charge is 0.383 e. The first-order chi connectivity index (χ1) is 10.3. The summed E-state index contributed by atoms with van der Waals surface area (Å²) < 4.78 is 5.35. The SMILES string of the molecule is C=Cc1cc(-c2ccc(N3CCOCC3)nc2)cnc1N. The van der Waals surface area contributed by atoms with Crippen molar-refractivity contribution in [1.82, 2.24) is 9.97 Å². The van der Waals surface area contributed by atoms with Gasteiger partial charge in [-0.2, -0.15) is 0 Å². The quantitative estimate of drug-likeness (QED) is 0.935. The molecule has 0 amide bonds. The first-order valence-electron chi connectivity index (χ1n) is 6.95. The number of hydrogen-bond acceptors (Lipinski definition) is 5. The second-order valence-corrected chi connectivity index (χ2v) is 4.91. The number of hydrogen-bond donors (Lipinski definition) is 1. The van der Waals surface area contributed by atoms with Gasteiger partial charge in [0, 0.05) is 42.2 Å². The van der Waals surface area contributed by atoms with Crippen molar-refractivity contribution in [3.63, 3.8) is 0 Å². The lowest BCUT2D eigenvalue weighted by Crippen LogP contribution is -2.36. The van der Waals surface area contributed by atoms with Crippen LogP contribution in [0, 0.1) is 0 Å². The summed E-state index contributed by atoms with van der Waals surface area (Å²) >= 11 is 0. The second kappa shape index (κ2) is 5.93. The van der Waals surface area contributed by atoms with Crippen molar-refractivity contribution in [2.24, 2.45) is 0 Å². The molecule has 0 aromatic carbocycles. The molecule has 0 radical (unpaired) electrons. The van der Waals surface area contributed by atoms with Gasteiger partial charge in [-0.25, -0.2) is 9.97 Å². The maximum Gasteiger partial charge on any atom is 0.130 e. The third-order valence-corrected chi connectivity index (χ3v) is 3.59. The Kier molecular flexibility index (Phi) is 3.83. The molecule has 5 nitrogen and oxygen atoms in total. The van der Waals surface area contributed by atoms with E-state index in [1.807, 2.05) is 18.3 Å². The Balaban J connectivity index is 1.85. The second-order valence-electron chi connectivity index (χ2n) is 4.91. The van der Waals surface area contributed by atoms with E-state index in [-0.39, 0.29) is 0 Å². The minimum absolute atomic E-state index is 0.492. The van der Waals surface area contributed by atoms with Gasteiger partial charge in [0.05, 0.1) is 13.2 Å². The van der Waals surface area contributed by atoms with Gasteiger partial charge in [0.15, 0.2) is 0 Å². The predicted molar refractivity (Wildman–Crippen MR) is 85.0 cm³/mol.